The number of amides is 3. The van der Waals surface area contributed by atoms with Crippen LogP contribution in [0.15, 0.2) is 30.5 Å². The summed E-state index contributed by atoms with van der Waals surface area (Å²) < 4.78 is 6.71. The first-order chi connectivity index (χ1) is 12.6. The minimum Gasteiger partial charge on any atom is -0.449 e. The molecule has 0 aliphatic carbocycles. The van der Waals surface area contributed by atoms with Crippen molar-refractivity contribution in [2.45, 2.75) is 39.3 Å². The highest BCUT2D eigenvalue weighted by Gasteiger charge is 2.21. The maximum absolute atomic E-state index is 12.0. The lowest BCUT2D eigenvalue weighted by molar-refractivity contribution is -0.149. The molecule has 0 bridgehead atoms. The van der Waals surface area contributed by atoms with E-state index < -0.39 is 29.6 Å². The summed E-state index contributed by atoms with van der Waals surface area (Å²) in [6.07, 6.45) is 3.19. The van der Waals surface area contributed by atoms with Gasteiger partial charge in [0.05, 0.1) is 5.69 Å². The van der Waals surface area contributed by atoms with E-state index in [1.54, 1.807) is 43.5 Å². The molecule has 3 amide bonds. The summed E-state index contributed by atoms with van der Waals surface area (Å²) in [5, 5.41) is 4.93. The summed E-state index contributed by atoms with van der Waals surface area (Å²) in [6.45, 7) is 6.69. The van der Waals surface area contributed by atoms with Gasteiger partial charge in [0.2, 0.25) is 0 Å². The Morgan fingerprint density at radius 2 is 2.00 bits per heavy atom. The molecule has 2 rings (SSSR count). The van der Waals surface area contributed by atoms with Gasteiger partial charge in [0.25, 0.3) is 5.91 Å². The zero-order valence-electron chi connectivity index (χ0n) is 15.4. The van der Waals surface area contributed by atoms with Crippen molar-refractivity contribution in [2.24, 2.45) is 0 Å². The van der Waals surface area contributed by atoms with Gasteiger partial charge in [0, 0.05) is 17.8 Å². The normalized spacial score (nSPS) is 12.8. The molecule has 144 valence electrons. The number of carbonyl (C=O) groups excluding carboxylic acids is 3. The van der Waals surface area contributed by atoms with Gasteiger partial charge in [-0.1, -0.05) is 17.7 Å². The third-order valence-electron chi connectivity index (χ3n) is 3.29. The number of halogens is 1. The van der Waals surface area contributed by atoms with Gasteiger partial charge in [-0.2, -0.15) is 0 Å². The predicted molar refractivity (Wildman–Crippen MR) is 101 cm³/mol. The lowest BCUT2D eigenvalue weighted by Gasteiger charge is -2.21. The van der Waals surface area contributed by atoms with Crippen LogP contribution in [0, 0.1) is 0 Å². The van der Waals surface area contributed by atoms with E-state index in [0.717, 1.165) is 6.08 Å². The fraction of sp³-hybridized carbons (Fsp3) is 0.333. The second-order valence-corrected chi connectivity index (χ2v) is 7.18. The Bertz CT molecular complexity index is 898. The van der Waals surface area contributed by atoms with Crippen molar-refractivity contribution in [3.05, 3.63) is 41.3 Å². The van der Waals surface area contributed by atoms with Crippen LogP contribution in [0.25, 0.3) is 11.7 Å². The number of nitrogens with zero attached hydrogens (tertiary/aromatic N) is 2. The Morgan fingerprint density at radius 3 is 2.67 bits per heavy atom. The zero-order valence-corrected chi connectivity index (χ0v) is 16.2. The van der Waals surface area contributed by atoms with Gasteiger partial charge in [-0.05, 0) is 45.9 Å². The van der Waals surface area contributed by atoms with E-state index in [1.165, 1.54) is 13.0 Å². The lowest BCUT2D eigenvalue weighted by atomic mass is 10.1. The number of aromatic nitrogens is 2. The number of urea groups is 1. The molecular weight excluding hydrogens is 372 g/mol. The third-order valence-corrected chi connectivity index (χ3v) is 3.56. The van der Waals surface area contributed by atoms with Gasteiger partial charge in [0.1, 0.15) is 5.65 Å². The van der Waals surface area contributed by atoms with Gasteiger partial charge in [-0.15, -0.1) is 0 Å². The summed E-state index contributed by atoms with van der Waals surface area (Å²) in [5.74, 6) is -1.48. The minimum absolute atomic E-state index is 0.231. The van der Waals surface area contributed by atoms with Crippen molar-refractivity contribution in [1.82, 2.24) is 20.0 Å². The van der Waals surface area contributed by atoms with E-state index in [1.807, 2.05) is 6.07 Å². The Morgan fingerprint density at radius 1 is 1.30 bits per heavy atom. The number of carbonyl (C=O) groups is 3. The molecule has 0 saturated heterocycles. The van der Waals surface area contributed by atoms with Crippen LogP contribution < -0.4 is 10.6 Å². The van der Waals surface area contributed by atoms with E-state index in [9.17, 15) is 14.4 Å². The number of pyridine rings is 1. The number of fused-ring (bicyclic) bond motifs is 1. The van der Waals surface area contributed by atoms with Gasteiger partial charge in [-0.3, -0.25) is 14.5 Å². The summed E-state index contributed by atoms with van der Waals surface area (Å²) in [6, 6.07) is 4.73. The van der Waals surface area contributed by atoms with E-state index in [-0.39, 0.29) is 5.15 Å². The minimum atomic E-state index is -1.15. The average Bonchev–Trinajstić information content (AvgIpc) is 2.86. The smallest absolute Gasteiger partial charge is 0.331 e. The van der Waals surface area contributed by atoms with Crippen LogP contribution in [-0.4, -0.2) is 38.9 Å². The number of imidazole rings is 1. The summed E-state index contributed by atoms with van der Waals surface area (Å²) in [4.78, 5) is 39.7. The van der Waals surface area contributed by atoms with Crippen LogP contribution in [-0.2, 0) is 14.3 Å². The van der Waals surface area contributed by atoms with Crippen LogP contribution in [0.2, 0.25) is 5.15 Å². The fourth-order valence-electron chi connectivity index (χ4n) is 2.13. The third kappa shape index (κ3) is 5.82. The molecule has 27 heavy (non-hydrogen) atoms. The van der Waals surface area contributed by atoms with Gasteiger partial charge in [0.15, 0.2) is 11.3 Å². The second kappa shape index (κ2) is 8.22. The Hall–Kier alpha value is -2.87. The van der Waals surface area contributed by atoms with Crippen molar-refractivity contribution in [3.63, 3.8) is 0 Å². The molecule has 2 aromatic rings. The maximum atomic E-state index is 12.0. The van der Waals surface area contributed by atoms with E-state index in [2.05, 4.69) is 15.6 Å². The standard InChI is InChI=1S/C18H21ClN4O4/c1-11(16(25)21-17(26)22-18(2,3)4)27-14(24)9-8-12-15(19)20-13-7-5-6-10-23(12)13/h5-11H,1-4H3,(H2,21,22,25,26)/b9-8+/t11-/m0/s1. The first kappa shape index (κ1) is 20.4. The number of ether oxygens (including phenoxy) is 1. The molecule has 0 aliphatic heterocycles. The summed E-state index contributed by atoms with van der Waals surface area (Å²) in [5.41, 5.74) is 0.638. The first-order valence-electron chi connectivity index (χ1n) is 8.21. The number of hydrogen-bond acceptors (Lipinski definition) is 5. The fourth-order valence-corrected chi connectivity index (χ4v) is 2.38. The van der Waals surface area contributed by atoms with Crippen molar-refractivity contribution in [1.29, 1.82) is 0 Å². The Labute approximate surface area is 161 Å². The molecule has 0 fully saturated rings. The largest absolute Gasteiger partial charge is 0.449 e. The number of imide groups is 1. The monoisotopic (exact) mass is 392 g/mol. The average molecular weight is 393 g/mol. The van der Waals surface area contributed by atoms with Crippen LogP contribution in [0.1, 0.15) is 33.4 Å². The molecular formula is C18H21ClN4O4. The molecule has 0 spiro atoms. The highest BCUT2D eigenvalue weighted by atomic mass is 35.5. The van der Waals surface area contributed by atoms with Gasteiger partial charge >= 0.3 is 12.0 Å². The topological polar surface area (TPSA) is 102 Å². The van der Waals surface area contributed by atoms with E-state index in [4.69, 9.17) is 16.3 Å². The molecule has 2 heterocycles. The Balaban J connectivity index is 1.96. The zero-order chi connectivity index (χ0) is 20.2. The molecule has 0 radical (unpaired) electrons. The molecule has 0 aromatic carbocycles. The predicted octanol–water partition coefficient (Wildman–Crippen LogP) is 2.56. The van der Waals surface area contributed by atoms with Crippen molar-refractivity contribution < 1.29 is 19.1 Å². The molecule has 2 N–H and O–H groups in total. The molecule has 0 unspecified atom stereocenters. The van der Waals surface area contributed by atoms with Crippen LogP contribution in [0.5, 0.6) is 0 Å². The number of rotatable bonds is 4. The van der Waals surface area contributed by atoms with Crippen LogP contribution >= 0.6 is 11.6 Å². The molecule has 9 heteroatoms. The maximum Gasteiger partial charge on any atom is 0.331 e. The summed E-state index contributed by atoms with van der Waals surface area (Å²) in [7, 11) is 0. The van der Waals surface area contributed by atoms with E-state index >= 15 is 0 Å². The SMILES string of the molecule is C[C@H](OC(=O)/C=C/c1c(Cl)nc2ccccn12)C(=O)NC(=O)NC(C)(C)C. The highest BCUT2D eigenvalue weighted by molar-refractivity contribution is 6.31. The molecule has 2 aromatic heterocycles. The summed E-state index contributed by atoms with van der Waals surface area (Å²) >= 11 is 6.07. The van der Waals surface area contributed by atoms with Crippen molar-refractivity contribution >= 4 is 41.2 Å². The van der Waals surface area contributed by atoms with Crippen molar-refractivity contribution in [2.75, 3.05) is 0 Å². The lowest BCUT2D eigenvalue weighted by Crippen LogP contribution is -2.50. The molecule has 8 nitrogen and oxygen atoms in total. The number of nitrogens with one attached hydrogen (secondary N) is 2. The first-order valence-corrected chi connectivity index (χ1v) is 8.59. The second-order valence-electron chi connectivity index (χ2n) is 6.82. The van der Waals surface area contributed by atoms with Crippen LogP contribution in [0.3, 0.4) is 0 Å². The quantitative estimate of drug-likeness (QED) is 0.615. The molecule has 1 atom stereocenters. The Kier molecular flexibility index (Phi) is 6.22. The van der Waals surface area contributed by atoms with E-state index in [0.29, 0.717) is 11.3 Å². The number of esters is 1. The van der Waals surface area contributed by atoms with Gasteiger partial charge in [-0.25, -0.2) is 14.6 Å². The molecule has 0 aliphatic rings. The highest BCUT2D eigenvalue weighted by Crippen LogP contribution is 2.18. The van der Waals surface area contributed by atoms with Crippen LogP contribution in [0.4, 0.5) is 4.79 Å². The number of hydrogen-bond donors (Lipinski definition) is 2. The molecule has 0 saturated carbocycles. The van der Waals surface area contributed by atoms with Gasteiger partial charge < -0.3 is 10.1 Å². The van der Waals surface area contributed by atoms with Crippen molar-refractivity contribution in [3.8, 4) is 0 Å².